The fourth-order valence-electron chi connectivity index (χ4n) is 4.47. The van der Waals surface area contributed by atoms with Gasteiger partial charge in [-0.1, -0.05) is 30.3 Å². The minimum Gasteiger partial charge on any atom is -0.480 e. The summed E-state index contributed by atoms with van der Waals surface area (Å²) < 4.78 is 27.3. The van der Waals surface area contributed by atoms with Crippen molar-refractivity contribution in [2.75, 3.05) is 31.5 Å². The Morgan fingerprint density at radius 1 is 1.08 bits per heavy atom. The quantitative estimate of drug-likeness (QED) is 0.282. The highest BCUT2D eigenvalue weighted by molar-refractivity contribution is 7.89. The van der Waals surface area contributed by atoms with Gasteiger partial charge in [-0.05, 0) is 49.1 Å². The Hall–Kier alpha value is -3.97. The second-order valence-corrected chi connectivity index (χ2v) is 11.2. The number of carbonyl (C=O) groups is 3. The van der Waals surface area contributed by atoms with Gasteiger partial charge in [0, 0.05) is 31.7 Å². The van der Waals surface area contributed by atoms with Crippen molar-refractivity contribution in [1.29, 1.82) is 0 Å². The molecular weight excluding hydrogens is 524 g/mol. The van der Waals surface area contributed by atoms with Crippen LogP contribution in [0.25, 0.3) is 0 Å². The number of carbonyl (C=O) groups excluding carboxylic acids is 2. The summed E-state index contributed by atoms with van der Waals surface area (Å²) in [6.07, 6.45) is 1.73. The van der Waals surface area contributed by atoms with Crippen molar-refractivity contribution >= 4 is 39.5 Å². The molecule has 2 aliphatic rings. The Labute approximate surface area is 226 Å². The van der Waals surface area contributed by atoms with Crippen LogP contribution in [-0.4, -0.2) is 79.8 Å². The number of nitrogens with one attached hydrogen (secondary N) is 4. The second kappa shape index (κ2) is 12.7. The Kier molecular flexibility index (Phi) is 9.15. The zero-order valence-electron chi connectivity index (χ0n) is 21.3. The molecule has 0 radical (unpaired) electrons. The van der Waals surface area contributed by atoms with Crippen LogP contribution in [-0.2, 0) is 30.8 Å². The first-order valence-corrected chi connectivity index (χ1v) is 14.2. The summed E-state index contributed by atoms with van der Waals surface area (Å²) in [6, 6.07) is 12.2. The maximum Gasteiger partial charge on any atom is 0.326 e. The summed E-state index contributed by atoms with van der Waals surface area (Å²) in [5.74, 6) is -1.55. The third-order valence-electron chi connectivity index (χ3n) is 6.46. The monoisotopic (exact) mass is 556 g/mol. The summed E-state index contributed by atoms with van der Waals surface area (Å²) in [4.78, 5) is 41.5. The number of sulfonamides is 1. The van der Waals surface area contributed by atoms with Gasteiger partial charge in [-0.25, -0.2) is 13.2 Å². The van der Waals surface area contributed by atoms with E-state index < -0.39 is 34.0 Å². The molecule has 5 N–H and O–H groups in total. The molecule has 2 aromatic rings. The predicted molar refractivity (Wildman–Crippen MR) is 145 cm³/mol. The molecule has 1 fully saturated rings. The van der Waals surface area contributed by atoms with Crippen molar-refractivity contribution in [1.82, 2.24) is 20.3 Å². The lowest BCUT2D eigenvalue weighted by Gasteiger charge is -2.25. The van der Waals surface area contributed by atoms with E-state index in [9.17, 15) is 27.9 Å². The zero-order chi connectivity index (χ0) is 27.8. The van der Waals surface area contributed by atoms with Gasteiger partial charge in [-0.2, -0.15) is 4.31 Å². The molecule has 208 valence electrons. The van der Waals surface area contributed by atoms with Crippen LogP contribution in [0, 0.1) is 0 Å². The number of hydrogen-bond acceptors (Lipinski definition) is 8. The fraction of sp³-hybridized carbons (Fsp3) is 0.385. The fourth-order valence-corrected chi connectivity index (χ4v) is 6.14. The maximum absolute atomic E-state index is 13.1. The van der Waals surface area contributed by atoms with Crippen molar-refractivity contribution < 1.29 is 27.9 Å². The molecule has 2 aromatic carbocycles. The van der Waals surface area contributed by atoms with E-state index in [0.717, 1.165) is 17.3 Å². The van der Waals surface area contributed by atoms with Crippen LogP contribution in [0.2, 0.25) is 0 Å². The lowest BCUT2D eigenvalue weighted by Crippen LogP contribution is -2.51. The molecule has 0 bridgehead atoms. The van der Waals surface area contributed by atoms with Gasteiger partial charge in [0.15, 0.2) is 5.96 Å². The highest BCUT2D eigenvalue weighted by atomic mass is 32.2. The highest BCUT2D eigenvalue weighted by Crippen LogP contribution is 2.26. The van der Waals surface area contributed by atoms with Gasteiger partial charge in [0.2, 0.25) is 21.8 Å². The molecule has 0 spiro atoms. The van der Waals surface area contributed by atoms with Crippen molar-refractivity contribution in [3.63, 3.8) is 0 Å². The van der Waals surface area contributed by atoms with Crippen LogP contribution in [0.4, 0.5) is 5.69 Å². The molecule has 0 aliphatic carbocycles. The predicted octanol–water partition coefficient (Wildman–Crippen LogP) is 0.529. The topological polar surface area (TPSA) is 169 Å². The number of amides is 2. The summed E-state index contributed by atoms with van der Waals surface area (Å²) in [7, 11) is -3.90. The molecule has 39 heavy (non-hydrogen) atoms. The maximum atomic E-state index is 13.1. The lowest BCUT2D eigenvalue weighted by atomic mass is 10.0. The number of anilines is 1. The van der Waals surface area contributed by atoms with Gasteiger partial charge >= 0.3 is 5.97 Å². The number of aliphatic carboxylic acids is 1. The smallest absolute Gasteiger partial charge is 0.326 e. The molecule has 0 saturated carbocycles. The zero-order valence-corrected chi connectivity index (χ0v) is 22.1. The molecule has 4 rings (SSSR count). The van der Waals surface area contributed by atoms with Crippen LogP contribution in [0.1, 0.15) is 24.8 Å². The average Bonchev–Trinajstić information content (AvgIpc) is 3.45. The van der Waals surface area contributed by atoms with Gasteiger partial charge in [0.1, 0.15) is 12.1 Å². The van der Waals surface area contributed by atoms with Gasteiger partial charge < -0.3 is 26.4 Å². The largest absolute Gasteiger partial charge is 0.480 e. The summed E-state index contributed by atoms with van der Waals surface area (Å²) in [5.41, 5.74) is 1.16. The summed E-state index contributed by atoms with van der Waals surface area (Å²) in [5, 5.41) is 21.0. The Morgan fingerprint density at radius 2 is 1.82 bits per heavy atom. The first-order chi connectivity index (χ1) is 18.7. The van der Waals surface area contributed by atoms with E-state index in [2.05, 4.69) is 26.3 Å². The Balaban J connectivity index is 1.33. The molecule has 2 aliphatic heterocycles. The van der Waals surface area contributed by atoms with E-state index >= 15 is 0 Å². The summed E-state index contributed by atoms with van der Waals surface area (Å²) >= 11 is 0. The number of nitrogens with zero attached hydrogens (tertiary/aromatic N) is 2. The summed E-state index contributed by atoms with van der Waals surface area (Å²) in [6.45, 7) is 1.74. The van der Waals surface area contributed by atoms with E-state index in [-0.39, 0.29) is 30.3 Å². The lowest BCUT2D eigenvalue weighted by molar-refractivity contribution is -0.142. The molecule has 0 unspecified atom stereocenters. The van der Waals surface area contributed by atoms with E-state index in [1.54, 1.807) is 42.5 Å². The number of carboxylic acid groups (broad SMARTS) is 1. The van der Waals surface area contributed by atoms with Crippen LogP contribution in [0.15, 0.2) is 64.5 Å². The number of guanidine groups is 1. The number of carboxylic acids is 1. The van der Waals surface area contributed by atoms with Crippen molar-refractivity contribution in [3.05, 3.63) is 60.2 Å². The molecule has 12 nitrogen and oxygen atoms in total. The number of aliphatic imine (C=N–C) groups is 1. The molecular formula is C26H32N6O6S. The number of rotatable bonds is 10. The first kappa shape index (κ1) is 28.0. The molecule has 1 saturated heterocycles. The number of hydrogen-bond donors (Lipinski definition) is 5. The Morgan fingerprint density at radius 3 is 2.49 bits per heavy atom. The Bertz CT molecular complexity index is 1320. The van der Waals surface area contributed by atoms with Crippen LogP contribution < -0.4 is 21.3 Å². The van der Waals surface area contributed by atoms with Gasteiger partial charge in [0.05, 0.1) is 11.4 Å². The van der Waals surface area contributed by atoms with Crippen LogP contribution >= 0.6 is 0 Å². The van der Waals surface area contributed by atoms with E-state index in [4.69, 9.17) is 0 Å². The van der Waals surface area contributed by atoms with E-state index in [1.807, 2.05) is 0 Å². The second-order valence-electron chi connectivity index (χ2n) is 9.30. The SMILES string of the molecule is O=C(CNC1=NCCCN1)Nc1ccc(C[C@H](NC(=O)[C@@H]2CCCN2S(=O)(=O)c2ccccc2)C(=O)O)cc1. The molecule has 2 amide bonds. The normalized spacial score (nSPS) is 18.4. The molecule has 2 atom stereocenters. The molecule has 2 heterocycles. The molecule has 0 aromatic heterocycles. The minimum absolute atomic E-state index is 0.0134. The van der Waals surface area contributed by atoms with E-state index in [0.29, 0.717) is 36.6 Å². The van der Waals surface area contributed by atoms with E-state index in [1.165, 1.54) is 12.1 Å². The first-order valence-electron chi connectivity index (χ1n) is 12.7. The highest BCUT2D eigenvalue weighted by Gasteiger charge is 2.40. The van der Waals surface area contributed by atoms with Crippen molar-refractivity contribution in [2.24, 2.45) is 4.99 Å². The third kappa shape index (κ3) is 7.33. The average molecular weight is 557 g/mol. The van der Waals surface area contributed by atoms with Gasteiger partial charge in [-0.3, -0.25) is 14.6 Å². The third-order valence-corrected chi connectivity index (χ3v) is 8.38. The molecule has 13 heteroatoms. The number of benzene rings is 2. The van der Waals surface area contributed by atoms with Gasteiger partial charge in [-0.15, -0.1) is 0 Å². The van der Waals surface area contributed by atoms with Crippen molar-refractivity contribution in [2.45, 2.75) is 42.7 Å². The van der Waals surface area contributed by atoms with Crippen LogP contribution in [0.3, 0.4) is 0 Å². The van der Waals surface area contributed by atoms with Gasteiger partial charge in [0.25, 0.3) is 0 Å². The standard InChI is InChI=1S/C26H32N6O6S/c33-23(17-29-26-27-13-5-14-28-26)30-19-11-9-18(10-12-19)16-21(25(35)36)31-24(34)22-8-4-15-32(22)39(37,38)20-6-2-1-3-7-20/h1-3,6-7,9-12,21-22H,4-5,8,13-17H2,(H,30,33)(H,31,34)(H,35,36)(H2,27,28,29)/t21-,22-/m0/s1. The van der Waals surface area contributed by atoms with Crippen LogP contribution in [0.5, 0.6) is 0 Å². The minimum atomic E-state index is -3.90. The van der Waals surface area contributed by atoms with Crippen molar-refractivity contribution in [3.8, 4) is 0 Å².